The fourth-order valence-electron chi connectivity index (χ4n) is 4.84. The third-order valence-electron chi connectivity index (χ3n) is 7.10. The van der Waals surface area contributed by atoms with Crippen LogP contribution in [0.1, 0.15) is 49.7 Å². The van der Waals surface area contributed by atoms with Gasteiger partial charge in [-0.05, 0) is 47.9 Å². The van der Waals surface area contributed by atoms with Crippen molar-refractivity contribution in [2.75, 3.05) is 13.7 Å². The minimum Gasteiger partial charge on any atom is -0.481 e. The van der Waals surface area contributed by atoms with Crippen LogP contribution in [0, 0.1) is 5.92 Å². The number of benzene rings is 2. The summed E-state index contributed by atoms with van der Waals surface area (Å²) in [4.78, 5) is 38.5. The van der Waals surface area contributed by atoms with Gasteiger partial charge in [-0.25, -0.2) is 4.79 Å². The molecule has 2 N–H and O–H groups in total. The number of amides is 2. The van der Waals surface area contributed by atoms with Crippen LogP contribution in [-0.2, 0) is 14.3 Å². The molecule has 7 heteroatoms. The number of carbonyl (C=O) groups is 3. The van der Waals surface area contributed by atoms with Gasteiger partial charge in [0.2, 0.25) is 5.91 Å². The second-order valence-corrected chi connectivity index (χ2v) is 9.00. The summed E-state index contributed by atoms with van der Waals surface area (Å²) in [6.07, 6.45) is 1.98. The van der Waals surface area contributed by atoms with E-state index in [1.807, 2.05) is 43.3 Å². The molecule has 4 rings (SSSR count). The molecular formula is C26H30N2O5. The molecule has 33 heavy (non-hydrogen) atoms. The summed E-state index contributed by atoms with van der Waals surface area (Å²) in [6.45, 7) is 2.06. The van der Waals surface area contributed by atoms with Gasteiger partial charge in [0.1, 0.15) is 12.6 Å². The molecule has 2 aliphatic carbocycles. The van der Waals surface area contributed by atoms with Crippen LogP contribution in [-0.4, -0.2) is 53.7 Å². The van der Waals surface area contributed by atoms with Crippen molar-refractivity contribution in [2.45, 2.75) is 50.6 Å². The highest BCUT2D eigenvalue weighted by atomic mass is 16.5. The number of nitrogens with zero attached hydrogens (tertiary/aromatic N) is 1. The third-order valence-corrected chi connectivity index (χ3v) is 7.10. The normalized spacial score (nSPS) is 16.7. The van der Waals surface area contributed by atoms with Crippen molar-refractivity contribution in [2.24, 2.45) is 5.92 Å². The largest absolute Gasteiger partial charge is 0.481 e. The van der Waals surface area contributed by atoms with Crippen molar-refractivity contribution >= 4 is 18.0 Å². The number of carbonyl (C=O) groups excluding carboxylic acids is 2. The predicted molar refractivity (Wildman–Crippen MR) is 124 cm³/mol. The fraction of sp³-hybridized carbons (Fsp3) is 0.423. The van der Waals surface area contributed by atoms with Gasteiger partial charge >= 0.3 is 12.1 Å². The molecule has 2 unspecified atom stereocenters. The maximum Gasteiger partial charge on any atom is 0.407 e. The zero-order valence-corrected chi connectivity index (χ0v) is 19.0. The molecule has 2 aromatic rings. The molecule has 0 spiro atoms. The first-order chi connectivity index (χ1) is 15.9. The Bertz CT molecular complexity index is 1000. The van der Waals surface area contributed by atoms with E-state index in [2.05, 4.69) is 17.4 Å². The highest BCUT2D eigenvalue weighted by molar-refractivity contribution is 5.89. The molecule has 0 aliphatic heterocycles. The number of carboxylic acid groups (broad SMARTS) is 1. The van der Waals surface area contributed by atoms with Gasteiger partial charge in [0.15, 0.2) is 0 Å². The summed E-state index contributed by atoms with van der Waals surface area (Å²) in [5, 5.41) is 11.8. The summed E-state index contributed by atoms with van der Waals surface area (Å²) < 4.78 is 5.51. The van der Waals surface area contributed by atoms with Gasteiger partial charge in [0.05, 0.1) is 6.42 Å². The van der Waals surface area contributed by atoms with Crippen molar-refractivity contribution in [3.63, 3.8) is 0 Å². The Balaban J connectivity index is 1.42. The van der Waals surface area contributed by atoms with Crippen LogP contribution in [0.5, 0.6) is 0 Å². The van der Waals surface area contributed by atoms with Crippen molar-refractivity contribution in [3.05, 3.63) is 59.7 Å². The van der Waals surface area contributed by atoms with Crippen LogP contribution < -0.4 is 5.32 Å². The lowest BCUT2D eigenvalue weighted by molar-refractivity contribution is -0.143. The summed E-state index contributed by atoms with van der Waals surface area (Å²) in [7, 11) is 1.67. The Hall–Kier alpha value is -3.35. The number of hydrogen-bond acceptors (Lipinski definition) is 4. The molecule has 7 nitrogen and oxygen atoms in total. The Morgan fingerprint density at radius 3 is 2.15 bits per heavy atom. The Morgan fingerprint density at radius 1 is 1.06 bits per heavy atom. The molecule has 1 saturated carbocycles. The van der Waals surface area contributed by atoms with Crippen molar-refractivity contribution < 1.29 is 24.2 Å². The highest BCUT2D eigenvalue weighted by Crippen LogP contribution is 2.44. The predicted octanol–water partition coefficient (Wildman–Crippen LogP) is 4.02. The van der Waals surface area contributed by atoms with E-state index in [-0.39, 0.29) is 18.6 Å². The van der Waals surface area contributed by atoms with Crippen LogP contribution in [0.4, 0.5) is 4.79 Å². The van der Waals surface area contributed by atoms with Crippen LogP contribution >= 0.6 is 0 Å². The number of rotatable bonds is 8. The third kappa shape index (κ3) is 4.72. The van der Waals surface area contributed by atoms with Gasteiger partial charge in [-0.2, -0.15) is 0 Å². The lowest BCUT2D eigenvalue weighted by Gasteiger charge is -2.38. The minimum atomic E-state index is -1.18. The Kier molecular flexibility index (Phi) is 6.67. The Morgan fingerprint density at radius 2 is 1.64 bits per heavy atom. The molecular weight excluding hydrogens is 420 g/mol. The lowest BCUT2D eigenvalue weighted by Crippen LogP contribution is -2.52. The molecule has 0 aromatic heterocycles. The van der Waals surface area contributed by atoms with Gasteiger partial charge < -0.3 is 20.1 Å². The molecule has 2 amide bonds. The molecule has 2 aromatic carbocycles. The summed E-state index contributed by atoms with van der Waals surface area (Å²) in [5.41, 5.74) is 4.40. The smallest absolute Gasteiger partial charge is 0.407 e. The number of carboxylic acids is 1. The van der Waals surface area contributed by atoms with Gasteiger partial charge in [-0.3, -0.25) is 9.59 Å². The Labute approximate surface area is 193 Å². The number of ether oxygens (including phenoxy) is 1. The monoisotopic (exact) mass is 450 g/mol. The average Bonchev–Trinajstić information content (AvgIpc) is 3.08. The maximum absolute atomic E-state index is 13.0. The van der Waals surface area contributed by atoms with Crippen LogP contribution in [0.25, 0.3) is 11.1 Å². The van der Waals surface area contributed by atoms with Crippen molar-refractivity contribution in [3.8, 4) is 11.1 Å². The van der Waals surface area contributed by atoms with E-state index in [0.717, 1.165) is 41.5 Å². The molecule has 1 fully saturated rings. The molecule has 2 atom stereocenters. The van der Waals surface area contributed by atoms with Crippen LogP contribution in [0.3, 0.4) is 0 Å². The topological polar surface area (TPSA) is 95.9 Å². The minimum absolute atomic E-state index is 0.00754. The van der Waals surface area contributed by atoms with E-state index in [0.29, 0.717) is 5.92 Å². The zero-order chi connectivity index (χ0) is 23.5. The second-order valence-electron chi connectivity index (χ2n) is 9.00. The molecule has 0 bridgehead atoms. The molecule has 0 radical (unpaired) electrons. The first kappa shape index (κ1) is 22.8. The summed E-state index contributed by atoms with van der Waals surface area (Å²) in [6, 6.07) is 14.8. The highest BCUT2D eigenvalue weighted by Gasteiger charge is 2.34. The summed E-state index contributed by atoms with van der Waals surface area (Å²) in [5.74, 6) is -1.26. The van der Waals surface area contributed by atoms with E-state index in [1.54, 1.807) is 11.9 Å². The SMILES string of the molecule is CC(C1CCC1)N(C)C(=O)C(CC(=O)O)NC(=O)OCC1c2ccccc2-c2ccccc21. The molecule has 0 heterocycles. The number of alkyl carbamates (subject to hydrolysis) is 1. The van der Waals surface area contributed by atoms with Crippen molar-refractivity contribution in [1.29, 1.82) is 0 Å². The quantitative estimate of drug-likeness (QED) is 0.633. The number of fused-ring (bicyclic) bond motifs is 3. The summed E-state index contributed by atoms with van der Waals surface area (Å²) >= 11 is 0. The first-order valence-electron chi connectivity index (χ1n) is 11.5. The molecule has 2 aliphatic rings. The van der Waals surface area contributed by atoms with E-state index < -0.39 is 30.4 Å². The standard InChI is InChI=1S/C26H30N2O5/c1-16(17-8-7-9-17)28(2)25(31)23(14-24(29)30)27-26(32)33-15-22-20-12-5-3-10-18(20)19-11-4-6-13-21(19)22/h3-6,10-13,16-17,22-23H,7-9,14-15H2,1-2H3,(H,27,32)(H,29,30). The van der Waals surface area contributed by atoms with E-state index in [9.17, 15) is 19.5 Å². The first-order valence-corrected chi connectivity index (χ1v) is 11.5. The van der Waals surface area contributed by atoms with E-state index >= 15 is 0 Å². The van der Waals surface area contributed by atoms with Gasteiger partial charge in [-0.1, -0.05) is 55.0 Å². The van der Waals surface area contributed by atoms with E-state index in [1.165, 1.54) is 0 Å². The number of likely N-dealkylation sites (N-methyl/N-ethyl adjacent to an activating group) is 1. The van der Waals surface area contributed by atoms with Gasteiger partial charge in [0, 0.05) is 19.0 Å². The van der Waals surface area contributed by atoms with Gasteiger partial charge in [0.25, 0.3) is 0 Å². The van der Waals surface area contributed by atoms with Gasteiger partial charge in [-0.15, -0.1) is 0 Å². The van der Waals surface area contributed by atoms with E-state index in [4.69, 9.17) is 4.74 Å². The van der Waals surface area contributed by atoms with Crippen LogP contribution in [0.15, 0.2) is 48.5 Å². The maximum atomic E-state index is 13.0. The lowest BCUT2D eigenvalue weighted by atomic mass is 9.80. The zero-order valence-electron chi connectivity index (χ0n) is 19.0. The fourth-order valence-corrected chi connectivity index (χ4v) is 4.84. The number of hydrogen-bond donors (Lipinski definition) is 2. The average molecular weight is 451 g/mol. The molecule has 174 valence electrons. The second kappa shape index (κ2) is 9.65. The van der Waals surface area contributed by atoms with Crippen LogP contribution in [0.2, 0.25) is 0 Å². The number of nitrogens with one attached hydrogen (secondary N) is 1. The molecule has 0 saturated heterocycles. The van der Waals surface area contributed by atoms with Crippen molar-refractivity contribution in [1.82, 2.24) is 10.2 Å². The number of aliphatic carboxylic acids is 1.